The van der Waals surface area contributed by atoms with E-state index >= 15 is 0 Å². The average Bonchev–Trinajstić information content (AvgIpc) is 3.16. The van der Waals surface area contributed by atoms with Crippen LogP contribution in [0.3, 0.4) is 0 Å². The number of aromatic nitrogens is 6. The number of anilines is 2. The second-order valence-corrected chi connectivity index (χ2v) is 6.35. The van der Waals surface area contributed by atoms with Crippen LogP contribution in [0.2, 0.25) is 0 Å². The van der Waals surface area contributed by atoms with E-state index in [0.717, 1.165) is 40.2 Å². The van der Waals surface area contributed by atoms with E-state index in [2.05, 4.69) is 41.3 Å². The van der Waals surface area contributed by atoms with Gasteiger partial charge in [-0.3, -0.25) is 19.7 Å². The highest BCUT2D eigenvalue weighted by molar-refractivity contribution is 5.88. The molecular formula is C17H17N7. The largest absolute Gasteiger partial charge is 0.336 e. The van der Waals surface area contributed by atoms with Gasteiger partial charge in [0.05, 0.1) is 29.1 Å². The average molecular weight is 319 g/mol. The van der Waals surface area contributed by atoms with Gasteiger partial charge < -0.3 is 5.32 Å². The van der Waals surface area contributed by atoms with Gasteiger partial charge in [0, 0.05) is 12.7 Å². The number of aromatic amines is 1. The number of fused-ring (bicyclic) bond motifs is 2. The molecule has 0 bridgehead atoms. The third-order valence-corrected chi connectivity index (χ3v) is 4.73. The second-order valence-electron chi connectivity index (χ2n) is 6.35. The molecule has 24 heavy (non-hydrogen) atoms. The molecule has 0 unspecified atom stereocenters. The summed E-state index contributed by atoms with van der Waals surface area (Å²) in [6, 6.07) is 5.92. The van der Waals surface area contributed by atoms with Crippen molar-refractivity contribution in [1.82, 2.24) is 29.9 Å². The standard InChI is InChI=1S/C17H17N7/c1-3-11(4-1)10-24-15-7-12(8-19-14(15)9-20-24)21-17-16-13(22-23-17)5-2-6-18-16/h2,5-9,11H,1,3-4,10H2,(H2,21,22,23). The molecule has 7 heteroatoms. The van der Waals surface area contributed by atoms with Crippen LogP contribution in [-0.2, 0) is 6.54 Å². The molecule has 2 N–H and O–H groups in total. The summed E-state index contributed by atoms with van der Waals surface area (Å²) in [5.74, 6) is 1.46. The Morgan fingerprint density at radius 2 is 2.21 bits per heavy atom. The third kappa shape index (κ3) is 2.20. The van der Waals surface area contributed by atoms with Crippen molar-refractivity contribution in [1.29, 1.82) is 0 Å². The predicted molar refractivity (Wildman–Crippen MR) is 92.0 cm³/mol. The number of H-pyrrole nitrogens is 1. The quantitative estimate of drug-likeness (QED) is 0.603. The first kappa shape index (κ1) is 13.5. The van der Waals surface area contributed by atoms with Gasteiger partial charge in [-0.25, -0.2) is 0 Å². The first-order valence-corrected chi connectivity index (χ1v) is 8.24. The van der Waals surface area contributed by atoms with Crippen molar-refractivity contribution in [3.8, 4) is 0 Å². The van der Waals surface area contributed by atoms with E-state index < -0.39 is 0 Å². The smallest absolute Gasteiger partial charge is 0.178 e. The van der Waals surface area contributed by atoms with Crippen molar-refractivity contribution in [3.05, 3.63) is 36.8 Å². The molecule has 4 aromatic heterocycles. The summed E-state index contributed by atoms with van der Waals surface area (Å²) in [6.07, 6.45) is 9.35. The lowest BCUT2D eigenvalue weighted by atomic mass is 9.85. The molecule has 120 valence electrons. The summed E-state index contributed by atoms with van der Waals surface area (Å²) in [5.41, 5.74) is 4.59. The van der Waals surface area contributed by atoms with E-state index in [9.17, 15) is 0 Å². The van der Waals surface area contributed by atoms with Crippen molar-refractivity contribution >= 4 is 33.6 Å². The third-order valence-electron chi connectivity index (χ3n) is 4.73. The molecule has 7 nitrogen and oxygen atoms in total. The molecule has 1 saturated carbocycles. The number of hydrogen-bond donors (Lipinski definition) is 2. The molecule has 0 aliphatic heterocycles. The van der Waals surface area contributed by atoms with Crippen LogP contribution in [0.5, 0.6) is 0 Å². The monoisotopic (exact) mass is 319 g/mol. The van der Waals surface area contributed by atoms with E-state index in [1.165, 1.54) is 19.3 Å². The van der Waals surface area contributed by atoms with Gasteiger partial charge in [-0.2, -0.15) is 10.2 Å². The first-order chi connectivity index (χ1) is 11.9. The zero-order valence-electron chi connectivity index (χ0n) is 13.1. The molecule has 0 amide bonds. The first-order valence-electron chi connectivity index (χ1n) is 8.24. The molecule has 1 aliphatic rings. The fraction of sp³-hybridized carbons (Fsp3) is 0.294. The Labute approximate surface area is 138 Å². The van der Waals surface area contributed by atoms with Gasteiger partial charge in [0.25, 0.3) is 0 Å². The van der Waals surface area contributed by atoms with Crippen molar-refractivity contribution in [3.63, 3.8) is 0 Å². The lowest BCUT2D eigenvalue weighted by Gasteiger charge is -2.25. The summed E-state index contributed by atoms with van der Waals surface area (Å²) in [6.45, 7) is 0.974. The number of nitrogens with one attached hydrogen (secondary N) is 2. The molecule has 4 aromatic rings. The summed E-state index contributed by atoms with van der Waals surface area (Å²) in [7, 11) is 0. The van der Waals surface area contributed by atoms with Crippen LogP contribution in [0.25, 0.3) is 22.1 Å². The number of rotatable bonds is 4. The SMILES string of the molecule is c1cnc2c(Nc3cnc4cnn(CC5CCC5)c4c3)n[nH]c2c1. The lowest BCUT2D eigenvalue weighted by molar-refractivity contribution is 0.270. The van der Waals surface area contributed by atoms with Crippen molar-refractivity contribution < 1.29 is 0 Å². The molecule has 0 radical (unpaired) electrons. The molecular weight excluding hydrogens is 302 g/mol. The second kappa shape index (κ2) is 5.30. The number of hydrogen-bond acceptors (Lipinski definition) is 5. The minimum absolute atomic E-state index is 0.705. The van der Waals surface area contributed by atoms with Crippen LogP contribution < -0.4 is 5.32 Å². The Kier molecular flexibility index (Phi) is 2.97. The summed E-state index contributed by atoms with van der Waals surface area (Å²) >= 11 is 0. The molecule has 5 rings (SSSR count). The Morgan fingerprint density at radius 1 is 1.25 bits per heavy atom. The van der Waals surface area contributed by atoms with Gasteiger partial charge in [0.15, 0.2) is 5.82 Å². The molecule has 4 heterocycles. The number of nitrogens with zero attached hydrogens (tertiary/aromatic N) is 5. The Balaban J connectivity index is 1.49. The summed E-state index contributed by atoms with van der Waals surface area (Å²) in [5, 5.41) is 15.1. The Morgan fingerprint density at radius 3 is 3.08 bits per heavy atom. The zero-order valence-corrected chi connectivity index (χ0v) is 13.1. The minimum atomic E-state index is 0.705. The highest BCUT2D eigenvalue weighted by atomic mass is 15.3. The van der Waals surface area contributed by atoms with Crippen LogP contribution in [0.15, 0.2) is 36.8 Å². The number of pyridine rings is 2. The fourth-order valence-corrected chi connectivity index (χ4v) is 3.17. The molecule has 1 aliphatic carbocycles. The van der Waals surface area contributed by atoms with Gasteiger partial charge in [0.1, 0.15) is 11.0 Å². The van der Waals surface area contributed by atoms with Gasteiger partial charge in [-0.05, 0) is 37.0 Å². The van der Waals surface area contributed by atoms with Crippen LogP contribution in [0.1, 0.15) is 19.3 Å². The lowest BCUT2D eigenvalue weighted by Crippen LogP contribution is -2.18. The van der Waals surface area contributed by atoms with Crippen LogP contribution >= 0.6 is 0 Å². The van der Waals surface area contributed by atoms with Gasteiger partial charge in [0.2, 0.25) is 0 Å². The maximum absolute atomic E-state index is 4.51. The van der Waals surface area contributed by atoms with Gasteiger partial charge in [-0.1, -0.05) is 6.42 Å². The molecule has 0 saturated heterocycles. The van der Waals surface area contributed by atoms with Crippen molar-refractivity contribution in [2.45, 2.75) is 25.8 Å². The van der Waals surface area contributed by atoms with E-state index in [-0.39, 0.29) is 0 Å². The van der Waals surface area contributed by atoms with Crippen LogP contribution in [-0.4, -0.2) is 29.9 Å². The Hall–Kier alpha value is -2.96. The highest BCUT2D eigenvalue weighted by Gasteiger charge is 2.19. The van der Waals surface area contributed by atoms with Crippen LogP contribution in [0.4, 0.5) is 11.5 Å². The topological polar surface area (TPSA) is 84.3 Å². The summed E-state index contributed by atoms with van der Waals surface area (Å²) < 4.78 is 2.07. The highest BCUT2D eigenvalue weighted by Crippen LogP contribution is 2.29. The van der Waals surface area contributed by atoms with Crippen molar-refractivity contribution in [2.24, 2.45) is 5.92 Å². The fourth-order valence-electron chi connectivity index (χ4n) is 3.17. The van der Waals surface area contributed by atoms with E-state index in [4.69, 9.17) is 0 Å². The Bertz CT molecular complexity index is 1010. The maximum atomic E-state index is 4.51. The summed E-state index contributed by atoms with van der Waals surface area (Å²) in [4.78, 5) is 8.88. The van der Waals surface area contributed by atoms with Gasteiger partial charge in [-0.15, -0.1) is 0 Å². The van der Waals surface area contributed by atoms with E-state index in [1.807, 2.05) is 18.3 Å². The normalized spacial score (nSPS) is 15.0. The van der Waals surface area contributed by atoms with E-state index in [1.54, 1.807) is 12.4 Å². The zero-order chi connectivity index (χ0) is 15.9. The van der Waals surface area contributed by atoms with Gasteiger partial charge >= 0.3 is 0 Å². The predicted octanol–water partition coefficient (Wildman–Crippen LogP) is 3.25. The van der Waals surface area contributed by atoms with Crippen molar-refractivity contribution in [2.75, 3.05) is 5.32 Å². The maximum Gasteiger partial charge on any atom is 0.178 e. The minimum Gasteiger partial charge on any atom is -0.336 e. The molecule has 1 fully saturated rings. The van der Waals surface area contributed by atoms with Crippen LogP contribution in [0, 0.1) is 5.92 Å². The molecule has 0 aromatic carbocycles. The molecule has 0 atom stereocenters. The molecule has 0 spiro atoms. The van der Waals surface area contributed by atoms with E-state index in [0.29, 0.717) is 5.82 Å².